The molecule has 0 bridgehead atoms. The molecule has 4 nitrogen and oxygen atoms in total. The van der Waals surface area contributed by atoms with Gasteiger partial charge < -0.3 is 9.67 Å². The van der Waals surface area contributed by atoms with Crippen molar-refractivity contribution in [3.8, 4) is 11.3 Å². The van der Waals surface area contributed by atoms with Crippen LogP contribution >= 0.6 is 0 Å². The molecule has 2 heterocycles. The summed E-state index contributed by atoms with van der Waals surface area (Å²) in [6.07, 6.45) is 31.3. The number of Topliss-reactive ketones (excluding diaryl/α,β-unsaturated/α-hetero) is 1. The highest BCUT2D eigenvalue weighted by atomic mass is 16.3. The van der Waals surface area contributed by atoms with Crippen LogP contribution in [0.3, 0.4) is 0 Å². The van der Waals surface area contributed by atoms with Gasteiger partial charge in [0.25, 0.3) is 0 Å². The van der Waals surface area contributed by atoms with E-state index in [1.165, 1.54) is 141 Å². The molecule has 0 fully saturated rings. The summed E-state index contributed by atoms with van der Waals surface area (Å²) in [5.41, 5.74) is 9.45. The number of hydrogen-bond donors (Lipinski definition) is 0. The Morgan fingerprint density at radius 2 is 0.938 bits per heavy atom. The lowest BCUT2D eigenvalue weighted by Crippen LogP contribution is -2.32. The topological polar surface area (TPSA) is 48.1 Å². The van der Waals surface area contributed by atoms with E-state index in [0.29, 0.717) is 11.1 Å². The molecule has 0 radical (unpaired) electrons. The summed E-state index contributed by atoms with van der Waals surface area (Å²) in [5.74, 6) is -0.276. The lowest BCUT2D eigenvalue weighted by molar-refractivity contribution is -0.437. The highest BCUT2D eigenvalue weighted by Crippen LogP contribution is 2.49. The fourth-order valence-corrected chi connectivity index (χ4v) is 10.4. The number of benzene rings is 4. The minimum absolute atomic E-state index is 0.138. The molecule has 5 aromatic rings. The van der Waals surface area contributed by atoms with Crippen molar-refractivity contribution in [2.24, 2.45) is 0 Å². The molecule has 0 N–H and O–H groups in total. The third-order valence-corrected chi connectivity index (χ3v) is 13.9. The van der Waals surface area contributed by atoms with Gasteiger partial charge in [-0.3, -0.25) is 4.79 Å². The van der Waals surface area contributed by atoms with Crippen molar-refractivity contribution in [3.63, 3.8) is 0 Å². The van der Waals surface area contributed by atoms with Crippen molar-refractivity contribution in [2.45, 2.75) is 174 Å². The number of allylic oxidation sites excluding steroid dienone is 3. The van der Waals surface area contributed by atoms with E-state index in [4.69, 9.17) is 0 Å². The second-order valence-corrected chi connectivity index (χ2v) is 18.7. The van der Waals surface area contributed by atoms with Crippen LogP contribution < -0.4 is 5.11 Å². The zero-order valence-corrected chi connectivity index (χ0v) is 39.5. The predicted molar refractivity (Wildman–Crippen MR) is 270 cm³/mol. The molecule has 4 aromatic carbocycles. The fraction of sp³-hybridized carbons (Fsp3) is 0.467. The first kappa shape index (κ1) is 47.0. The number of nitrogens with zero attached hydrogens (tertiary/aromatic N) is 2. The summed E-state index contributed by atoms with van der Waals surface area (Å²) in [5, 5.41) is 16.1. The average molecular weight is 857 g/mol. The Morgan fingerprint density at radius 1 is 0.469 bits per heavy atom. The molecule has 1 aliphatic heterocycles. The Hall–Kier alpha value is -4.96. The molecule has 1 aliphatic carbocycles. The highest BCUT2D eigenvalue weighted by molar-refractivity contribution is 6.49. The third-order valence-electron chi connectivity index (χ3n) is 13.9. The normalized spacial score (nSPS) is 14.9. The summed E-state index contributed by atoms with van der Waals surface area (Å²) >= 11 is 0. The van der Waals surface area contributed by atoms with Gasteiger partial charge in [0.1, 0.15) is 6.54 Å². The van der Waals surface area contributed by atoms with Crippen LogP contribution in [0.1, 0.15) is 185 Å². The molecule has 0 amide bonds. The number of carbonyl (C=O) groups excluding carboxylic acids is 1. The van der Waals surface area contributed by atoms with Crippen molar-refractivity contribution in [3.05, 3.63) is 137 Å². The van der Waals surface area contributed by atoms with Gasteiger partial charge >= 0.3 is 0 Å². The number of carbonyl (C=O) groups is 1. The van der Waals surface area contributed by atoms with Crippen LogP contribution in [0.2, 0.25) is 0 Å². The molecule has 4 heteroatoms. The van der Waals surface area contributed by atoms with Gasteiger partial charge in [-0.2, -0.15) is 4.58 Å². The van der Waals surface area contributed by atoms with Crippen molar-refractivity contribution in [2.75, 3.05) is 6.54 Å². The standard InChI is InChI=1S/C60H76N2O2/c1-3-5-7-9-11-13-15-17-19-21-23-35-45-61-51-43-33-31-41-49(51)53(57(61)47-37-27-25-28-38-47)55-59(63)56(60(55)64)54-50-42-32-34-44-52(50)62(58(54)48-39-29-26-30-40-48)46-36-24-22-20-18-16-14-12-10-8-6-4-2/h25-34,37-44H,3-24,35-36,45-46H2,1-2H3. The van der Waals surface area contributed by atoms with Gasteiger partial charge in [0.15, 0.2) is 5.78 Å². The molecule has 0 unspecified atom stereocenters. The molecule has 1 aromatic heterocycles. The summed E-state index contributed by atoms with van der Waals surface area (Å²) in [6.45, 7) is 6.26. The monoisotopic (exact) mass is 857 g/mol. The number of unbranched alkanes of at least 4 members (excludes halogenated alkanes) is 22. The van der Waals surface area contributed by atoms with Crippen molar-refractivity contribution in [1.82, 2.24) is 4.57 Å². The third kappa shape index (κ3) is 11.5. The molecule has 0 atom stereocenters. The minimum Gasteiger partial charge on any atom is -0.871 e. The summed E-state index contributed by atoms with van der Waals surface area (Å²) in [6, 6.07) is 37.7. The highest BCUT2D eigenvalue weighted by Gasteiger charge is 2.43. The van der Waals surface area contributed by atoms with Gasteiger partial charge in [-0.25, -0.2) is 0 Å². The lowest BCUT2D eigenvalue weighted by Gasteiger charge is -2.32. The predicted octanol–water partition coefficient (Wildman–Crippen LogP) is 16.0. The van der Waals surface area contributed by atoms with Crippen LogP contribution in [-0.4, -0.2) is 27.2 Å². The van der Waals surface area contributed by atoms with Gasteiger partial charge in [0.05, 0.1) is 16.8 Å². The SMILES string of the molecule is CCCCCCCCCCCCCCn1c(-c2ccccc2)c(C2=C([O-])/C(=C3/C(c4ccccc4)=[N+](CCCCCCCCCCCCCC)c4ccccc43)C2=O)c2ccccc21. The first-order valence-corrected chi connectivity index (χ1v) is 25.8. The molecular weight excluding hydrogens is 781 g/mol. The summed E-state index contributed by atoms with van der Waals surface area (Å²) in [7, 11) is 0. The number of para-hydroxylation sites is 2. The molecule has 2 aliphatic rings. The second-order valence-electron chi connectivity index (χ2n) is 18.7. The van der Waals surface area contributed by atoms with Crippen molar-refractivity contribution in [1.29, 1.82) is 0 Å². The molecule has 0 saturated heterocycles. The number of ketones is 1. The van der Waals surface area contributed by atoms with E-state index in [2.05, 4.69) is 108 Å². The van der Waals surface area contributed by atoms with Gasteiger partial charge in [0, 0.05) is 52.2 Å². The first-order chi connectivity index (χ1) is 31.7. The minimum atomic E-state index is -0.138. The van der Waals surface area contributed by atoms with Crippen LogP contribution in [0.25, 0.3) is 33.3 Å². The number of aromatic nitrogens is 1. The van der Waals surface area contributed by atoms with Gasteiger partial charge in [-0.05, 0) is 42.7 Å². The number of fused-ring (bicyclic) bond motifs is 2. The van der Waals surface area contributed by atoms with E-state index >= 15 is 9.90 Å². The molecule has 0 saturated carbocycles. The maximum absolute atomic E-state index is 15.1. The Balaban J connectivity index is 1.14. The van der Waals surface area contributed by atoms with Gasteiger partial charge in [-0.15, -0.1) is 0 Å². The second kappa shape index (κ2) is 24.9. The van der Waals surface area contributed by atoms with Gasteiger partial charge in [-0.1, -0.05) is 233 Å². The van der Waals surface area contributed by atoms with Crippen LogP contribution in [0.4, 0.5) is 5.69 Å². The van der Waals surface area contributed by atoms with Crippen molar-refractivity contribution < 1.29 is 14.5 Å². The Kier molecular flexibility index (Phi) is 18.3. The van der Waals surface area contributed by atoms with E-state index in [1.807, 2.05) is 24.3 Å². The molecule has 64 heavy (non-hydrogen) atoms. The van der Waals surface area contributed by atoms with E-state index < -0.39 is 0 Å². The number of hydrogen-bond acceptors (Lipinski definition) is 2. The van der Waals surface area contributed by atoms with E-state index in [-0.39, 0.29) is 11.5 Å². The Labute approximate surface area is 386 Å². The summed E-state index contributed by atoms with van der Waals surface area (Å²) in [4.78, 5) is 15.1. The molecular formula is C60H76N2O2. The number of rotatable bonds is 29. The molecule has 0 spiro atoms. The number of aryl methyl sites for hydroxylation is 1. The maximum Gasteiger partial charge on any atom is 0.221 e. The van der Waals surface area contributed by atoms with Crippen LogP contribution in [0, 0.1) is 0 Å². The van der Waals surface area contributed by atoms with Crippen LogP contribution in [-0.2, 0) is 11.3 Å². The maximum atomic E-state index is 15.1. The lowest BCUT2D eigenvalue weighted by atomic mass is 9.77. The smallest absolute Gasteiger partial charge is 0.221 e. The zero-order valence-electron chi connectivity index (χ0n) is 39.5. The van der Waals surface area contributed by atoms with Crippen LogP contribution in [0.5, 0.6) is 0 Å². The zero-order chi connectivity index (χ0) is 44.4. The van der Waals surface area contributed by atoms with Gasteiger partial charge in [0.2, 0.25) is 11.4 Å². The van der Waals surface area contributed by atoms with E-state index in [0.717, 1.165) is 81.8 Å². The Morgan fingerprint density at radius 3 is 1.50 bits per heavy atom. The van der Waals surface area contributed by atoms with E-state index in [1.54, 1.807) is 0 Å². The fourth-order valence-electron chi connectivity index (χ4n) is 10.4. The van der Waals surface area contributed by atoms with Crippen LogP contribution in [0.15, 0.2) is 121 Å². The average Bonchev–Trinajstić information content (AvgIpc) is 3.82. The van der Waals surface area contributed by atoms with E-state index in [9.17, 15) is 0 Å². The van der Waals surface area contributed by atoms with Crippen molar-refractivity contribution >= 4 is 39.2 Å². The first-order valence-electron chi connectivity index (χ1n) is 25.8. The molecule has 7 rings (SSSR count). The Bertz CT molecular complexity index is 2340. The quantitative estimate of drug-likeness (QED) is 0.0273. The largest absolute Gasteiger partial charge is 0.871 e. The molecule has 338 valence electrons. The summed E-state index contributed by atoms with van der Waals surface area (Å²) < 4.78 is 4.80.